The van der Waals surface area contributed by atoms with E-state index in [4.69, 9.17) is 0 Å². The lowest BCUT2D eigenvalue weighted by molar-refractivity contribution is -0.447. The summed E-state index contributed by atoms with van der Waals surface area (Å²) in [6.07, 6.45) is 14.4. The lowest BCUT2D eigenvalue weighted by Crippen LogP contribution is -2.15. The number of carbonyl (C=O) groups is 1. The van der Waals surface area contributed by atoms with Crippen LogP contribution in [0.15, 0.2) is 40.9 Å². The number of nitrogens with zero attached hydrogens (tertiary/aromatic N) is 2. The van der Waals surface area contributed by atoms with Gasteiger partial charge in [-0.05, 0) is 36.3 Å². The molecule has 2 aliphatic rings. The summed E-state index contributed by atoms with van der Waals surface area (Å²) in [4.78, 5) is 12.1. The van der Waals surface area contributed by atoms with Crippen molar-refractivity contribution in [1.82, 2.24) is 5.32 Å². The van der Waals surface area contributed by atoms with Crippen LogP contribution in [-0.4, -0.2) is 10.8 Å². The molecule has 0 atom stereocenters. The number of dihydropyridines is 1. The number of azo groups is 1. The molecule has 1 aliphatic heterocycles. The number of hydrogen-bond acceptors (Lipinski definition) is 4. The van der Waals surface area contributed by atoms with Crippen LogP contribution in [0.5, 0.6) is 0 Å². The quantitative estimate of drug-likeness (QED) is 0.487. The Morgan fingerprint density at radius 3 is 2.67 bits per heavy atom. The first-order valence-corrected chi connectivity index (χ1v) is 7.68. The Morgan fingerprint density at radius 1 is 1.33 bits per heavy atom. The summed E-state index contributed by atoms with van der Waals surface area (Å²) in [5.41, 5.74) is 1.37. The Bertz CT molecular complexity index is 484. The minimum absolute atomic E-state index is 0.245. The van der Waals surface area contributed by atoms with Gasteiger partial charge in [0.15, 0.2) is 0 Å². The number of nitrogens with one attached hydrogen (secondary N) is 1. The van der Waals surface area contributed by atoms with Crippen molar-refractivity contribution in [3.8, 4) is 0 Å². The third-order valence-electron chi connectivity index (χ3n) is 4.08. The topological polar surface area (TPSA) is 67.5 Å². The summed E-state index contributed by atoms with van der Waals surface area (Å²) in [5, 5.41) is 18.5. The third-order valence-corrected chi connectivity index (χ3v) is 4.08. The monoisotopic (exact) mass is 289 g/mol. The van der Waals surface area contributed by atoms with Crippen molar-refractivity contribution in [3.05, 3.63) is 41.0 Å². The maximum Gasteiger partial charge on any atom is 0.423 e. The van der Waals surface area contributed by atoms with Crippen LogP contribution in [-0.2, 0) is 4.79 Å². The maximum absolute atomic E-state index is 11.9. The Morgan fingerprint density at radius 2 is 2.00 bits per heavy atom. The number of rotatable bonds is 4. The second kappa shape index (κ2) is 7.76. The molecule has 5 nitrogen and oxygen atoms in total. The molecule has 1 N–H and O–H groups in total. The summed E-state index contributed by atoms with van der Waals surface area (Å²) in [7, 11) is 0. The normalized spacial score (nSPS) is 19.5. The van der Waals surface area contributed by atoms with Crippen molar-refractivity contribution in [2.24, 2.45) is 11.0 Å². The Hall–Kier alpha value is -1.91. The van der Waals surface area contributed by atoms with Crippen LogP contribution in [0.4, 0.5) is 0 Å². The minimum atomic E-state index is -0.442. The van der Waals surface area contributed by atoms with Gasteiger partial charge in [0.2, 0.25) is 0 Å². The molecule has 5 heteroatoms. The first-order chi connectivity index (χ1) is 10.2. The van der Waals surface area contributed by atoms with Crippen molar-refractivity contribution in [3.63, 3.8) is 0 Å². The highest BCUT2D eigenvalue weighted by Gasteiger charge is 2.19. The molecule has 21 heavy (non-hydrogen) atoms. The van der Waals surface area contributed by atoms with E-state index in [1.165, 1.54) is 32.1 Å². The molecule has 1 aliphatic carbocycles. The molecule has 0 bridgehead atoms. The minimum Gasteiger partial charge on any atom is -0.592 e. The van der Waals surface area contributed by atoms with E-state index in [1.807, 2.05) is 12.2 Å². The van der Waals surface area contributed by atoms with Crippen LogP contribution in [0, 0.1) is 11.1 Å². The first-order valence-electron chi connectivity index (χ1n) is 7.68. The molecule has 0 aromatic heterocycles. The molecule has 1 saturated carbocycles. The fourth-order valence-electron chi connectivity index (χ4n) is 2.78. The lowest BCUT2D eigenvalue weighted by Gasteiger charge is -2.20. The van der Waals surface area contributed by atoms with E-state index in [0.717, 1.165) is 12.0 Å². The SMILES string of the molecule is CC(N=[N+]([O-])C(=O)CCC1CCCCC1)=C1C=CNC=C1. The van der Waals surface area contributed by atoms with Crippen molar-refractivity contribution in [1.29, 1.82) is 0 Å². The van der Waals surface area contributed by atoms with Gasteiger partial charge in [0.05, 0.1) is 6.42 Å². The van der Waals surface area contributed by atoms with Crippen LogP contribution in [0.2, 0.25) is 0 Å². The second-order valence-corrected chi connectivity index (χ2v) is 5.68. The second-order valence-electron chi connectivity index (χ2n) is 5.68. The molecule has 0 radical (unpaired) electrons. The van der Waals surface area contributed by atoms with Gasteiger partial charge in [-0.2, -0.15) is 0 Å². The van der Waals surface area contributed by atoms with Crippen molar-refractivity contribution in [2.45, 2.75) is 51.9 Å². The van der Waals surface area contributed by atoms with E-state index >= 15 is 0 Å². The highest BCUT2D eigenvalue weighted by atomic mass is 16.5. The highest BCUT2D eigenvalue weighted by molar-refractivity contribution is 5.66. The van der Waals surface area contributed by atoms with Gasteiger partial charge >= 0.3 is 5.91 Å². The van der Waals surface area contributed by atoms with Crippen molar-refractivity contribution < 1.29 is 9.66 Å². The van der Waals surface area contributed by atoms with E-state index in [0.29, 0.717) is 18.0 Å². The van der Waals surface area contributed by atoms with Gasteiger partial charge in [-0.1, -0.05) is 32.1 Å². The highest BCUT2D eigenvalue weighted by Crippen LogP contribution is 2.27. The number of hydrogen-bond donors (Lipinski definition) is 1. The molecule has 1 fully saturated rings. The van der Waals surface area contributed by atoms with Gasteiger partial charge in [-0.25, -0.2) is 4.79 Å². The maximum atomic E-state index is 11.9. The molecule has 2 rings (SSSR count). The van der Waals surface area contributed by atoms with Gasteiger partial charge in [0.1, 0.15) is 5.70 Å². The fourth-order valence-corrected chi connectivity index (χ4v) is 2.78. The summed E-state index contributed by atoms with van der Waals surface area (Å²) in [6.45, 7) is 1.73. The number of allylic oxidation sites excluding steroid dienone is 4. The van der Waals surface area contributed by atoms with Gasteiger partial charge in [-0.15, -0.1) is 0 Å². The van der Waals surface area contributed by atoms with Crippen LogP contribution in [0.1, 0.15) is 51.9 Å². The molecular formula is C16H23N3O2. The number of hydroxylamine groups is 1. The first kappa shape index (κ1) is 15.5. The fraction of sp³-hybridized carbons (Fsp3) is 0.562. The summed E-state index contributed by atoms with van der Waals surface area (Å²) < 4.78 is 0. The molecule has 0 unspecified atom stereocenters. The Labute approximate surface area is 125 Å². The molecule has 1 heterocycles. The smallest absolute Gasteiger partial charge is 0.423 e. The molecule has 0 aromatic rings. The van der Waals surface area contributed by atoms with Crippen LogP contribution < -0.4 is 5.32 Å². The summed E-state index contributed by atoms with van der Waals surface area (Å²) in [5.74, 6) is 0.160. The largest absolute Gasteiger partial charge is 0.592 e. The molecule has 1 amide bonds. The summed E-state index contributed by atoms with van der Waals surface area (Å²) >= 11 is 0. The predicted octanol–water partition coefficient (Wildman–Crippen LogP) is 3.74. The standard InChI is InChI=1S/C16H23N3O2/c1-13(15-9-11-17-12-10-15)18-19(21)16(20)8-7-14-5-3-2-4-6-14/h9-12,14,17H,2-8H2,1H3. The molecule has 114 valence electrons. The molecule has 0 saturated heterocycles. The molecule has 0 spiro atoms. The van der Waals surface area contributed by atoms with Gasteiger partial charge < -0.3 is 10.5 Å². The zero-order valence-corrected chi connectivity index (χ0v) is 12.5. The van der Waals surface area contributed by atoms with E-state index in [-0.39, 0.29) is 4.86 Å². The molecule has 0 aromatic carbocycles. The average Bonchev–Trinajstić information content (AvgIpc) is 2.54. The van der Waals surface area contributed by atoms with Crippen molar-refractivity contribution >= 4 is 5.91 Å². The average molecular weight is 289 g/mol. The Kier molecular flexibility index (Phi) is 5.72. The zero-order chi connectivity index (χ0) is 15.1. The van der Waals surface area contributed by atoms with Gasteiger partial charge in [0.25, 0.3) is 0 Å². The van der Waals surface area contributed by atoms with E-state index in [2.05, 4.69) is 10.4 Å². The zero-order valence-electron chi connectivity index (χ0n) is 12.5. The van der Waals surface area contributed by atoms with E-state index in [1.54, 1.807) is 19.3 Å². The summed E-state index contributed by atoms with van der Waals surface area (Å²) in [6, 6.07) is 0. The predicted molar refractivity (Wildman–Crippen MR) is 81.0 cm³/mol. The van der Waals surface area contributed by atoms with Gasteiger partial charge in [-0.3, -0.25) is 0 Å². The number of amides is 1. The molecular weight excluding hydrogens is 266 g/mol. The van der Waals surface area contributed by atoms with Crippen LogP contribution in [0.3, 0.4) is 0 Å². The van der Waals surface area contributed by atoms with Crippen molar-refractivity contribution in [2.75, 3.05) is 0 Å². The number of carbonyl (C=O) groups excluding carboxylic acids is 1. The Balaban J connectivity index is 1.88. The van der Waals surface area contributed by atoms with Crippen LogP contribution in [0.25, 0.3) is 0 Å². The van der Waals surface area contributed by atoms with E-state index in [9.17, 15) is 10.0 Å². The lowest BCUT2D eigenvalue weighted by atomic mass is 9.86. The van der Waals surface area contributed by atoms with Gasteiger partial charge in [0, 0.05) is 23.1 Å². The van der Waals surface area contributed by atoms with Crippen LogP contribution >= 0.6 is 0 Å². The third kappa shape index (κ3) is 4.85. The van der Waals surface area contributed by atoms with E-state index < -0.39 is 5.91 Å².